The number of carbonyl (C=O) groups is 1. The van der Waals surface area contributed by atoms with Gasteiger partial charge >= 0.3 is 0 Å². The summed E-state index contributed by atoms with van der Waals surface area (Å²) in [4.78, 5) is 11.1. The molecule has 1 amide bonds. The van der Waals surface area contributed by atoms with Gasteiger partial charge in [-0.05, 0) is 43.3 Å². The van der Waals surface area contributed by atoms with E-state index in [1.54, 1.807) is 10.2 Å². The summed E-state index contributed by atoms with van der Waals surface area (Å²) in [6.45, 7) is 5.03. The molecular formula is C16H16N2O5S2. The number of anilines is 1. The highest BCUT2D eigenvalue weighted by Gasteiger charge is 2.24. The standard InChI is InChI=1S/C16H16N2O5S2/c1-12(2)16(19)17-13-8-10-15(11-9-13)25(22,23)18-24(20,21)14-6-4-3-5-7-14/h3-11,18H,1H2,2H3,(H,17,19). The number of nitrogens with one attached hydrogen (secondary N) is 2. The molecule has 0 spiro atoms. The maximum absolute atomic E-state index is 12.3. The van der Waals surface area contributed by atoms with E-state index in [1.165, 1.54) is 55.5 Å². The summed E-state index contributed by atoms with van der Waals surface area (Å²) in [6.07, 6.45) is 0. The van der Waals surface area contributed by atoms with Crippen molar-refractivity contribution in [3.63, 3.8) is 0 Å². The van der Waals surface area contributed by atoms with Gasteiger partial charge in [0, 0.05) is 11.3 Å². The van der Waals surface area contributed by atoms with E-state index in [9.17, 15) is 21.6 Å². The molecule has 7 nitrogen and oxygen atoms in total. The average molecular weight is 380 g/mol. The predicted molar refractivity (Wildman–Crippen MR) is 93.8 cm³/mol. The van der Waals surface area contributed by atoms with Gasteiger partial charge in [0.05, 0.1) is 9.79 Å². The first-order valence-electron chi connectivity index (χ1n) is 7.02. The highest BCUT2D eigenvalue weighted by molar-refractivity contribution is 8.04. The van der Waals surface area contributed by atoms with Gasteiger partial charge < -0.3 is 5.32 Å². The second-order valence-corrected chi connectivity index (χ2v) is 8.79. The smallest absolute Gasteiger partial charge is 0.253 e. The SMILES string of the molecule is C=C(C)C(=O)Nc1ccc(S(=O)(=O)NS(=O)(=O)c2ccccc2)cc1. The van der Waals surface area contributed by atoms with E-state index in [-0.39, 0.29) is 9.79 Å². The Labute approximate surface area is 146 Å². The van der Waals surface area contributed by atoms with Crippen molar-refractivity contribution in [1.82, 2.24) is 4.13 Å². The molecule has 132 valence electrons. The van der Waals surface area contributed by atoms with Gasteiger partial charge in [0.25, 0.3) is 26.0 Å². The molecule has 9 heteroatoms. The van der Waals surface area contributed by atoms with Crippen LogP contribution in [0.5, 0.6) is 0 Å². The average Bonchev–Trinajstić information content (AvgIpc) is 2.55. The second-order valence-electron chi connectivity index (χ2n) is 5.16. The van der Waals surface area contributed by atoms with Gasteiger partial charge in [0.2, 0.25) is 0 Å². The number of benzene rings is 2. The van der Waals surface area contributed by atoms with E-state index < -0.39 is 26.0 Å². The van der Waals surface area contributed by atoms with Gasteiger partial charge in [0.15, 0.2) is 0 Å². The zero-order valence-corrected chi connectivity index (χ0v) is 14.9. The molecule has 2 aromatic rings. The fourth-order valence-electron chi connectivity index (χ4n) is 1.80. The second kappa shape index (κ2) is 7.18. The minimum absolute atomic E-state index is 0.163. The fraction of sp³-hybridized carbons (Fsp3) is 0.0625. The molecule has 2 N–H and O–H groups in total. The molecule has 0 radical (unpaired) electrons. The van der Waals surface area contributed by atoms with Crippen molar-refractivity contribution >= 4 is 31.6 Å². The van der Waals surface area contributed by atoms with Gasteiger partial charge in [-0.3, -0.25) is 4.79 Å². The number of hydrogen-bond acceptors (Lipinski definition) is 5. The summed E-state index contributed by atoms with van der Waals surface area (Å²) in [7, 11) is -8.52. The quantitative estimate of drug-likeness (QED) is 0.744. The van der Waals surface area contributed by atoms with Crippen LogP contribution in [0, 0.1) is 0 Å². The summed E-state index contributed by atoms with van der Waals surface area (Å²) in [5, 5.41) is 2.52. The van der Waals surface area contributed by atoms with Crippen molar-refractivity contribution in [3.8, 4) is 0 Å². The molecule has 2 rings (SSSR count). The van der Waals surface area contributed by atoms with E-state index >= 15 is 0 Å². The largest absolute Gasteiger partial charge is 0.322 e. The lowest BCUT2D eigenvalue weighted by Crippen LogP contribution is -2.30. The number of carbonyl (C=O) groups excluding carboxylic acids is 1. The van der Waals surface area contributed by atoms with E-state index in [1.807, 2.05) is 0 Å². The van der Waals surface area contributed by atoms with Crippen LogP contribution in [0.3, 0.4) is 0 Å². The molecule has 0 aromatic heterocycles. The Morgan fingerprint density at radius 2 is 1.32 bits per heavy atom. The van der Waals surface area contributed by atoms with Crippen molar-refractivity contribution in [2.45, 2.75) is 16.7 Å². The van der Waals surface area contributed by atoms with Crippen LogP contribution in [0.2, 0.25) is 0 Å². The summed E-state index contributed by atoms with van der Waals surface area (Å²) < 4.78 is 50.5. The van der Waals surface area contributed by atoms with Gasteiger partial charge in [-0.2, -0.15) is 0 Å². The van der Waals surface area contributed by atoms with E-state index in [0.29, 0.717) is 11.3 Å². The lowest BCUT2D eigenvalue weighted by molar-refractivity contribution is -0.112. The third-order valence-electron chi connectivity index (χ3n) is 3.08. The summed E-state index contributed by atoms with van der Waals surface area (Å²) in [5.74, 6) is -0.402. The lowest BCUT2D eigenvalue weighted by Gasteiger charge is -2.09. The molecule has 0 aliphatic carbocycles. The normalized spacial score (nSPS) is 11.7. The van der Waals surface area contributed by atoms with Crippen LogP contribution in [0.1, 0.15) is 6.92 Å². The monoisotopic (exact) mass is 380 g/mol. The zero-order chi connectivity index (χ0) is 18.7. The Balaban J connectivity index is 2.23. The summed E-state index contributed by atoms with van der Waals surface area (Å²) in [6, 6.07) is 12.2. The topological polar surface area (TPSA) is 109 Å². The number of amides is 1. The van der Waals surface area contributed by atoms with Crippen LogP contribution in [0.25, 0.3) is 0 Å². The number of rotatable bonds is 6. The zero-order valence-electron chi connectivity index (χ0n) is 13.3. The van der Waals surface area contributed by atoms with Crippen LogP contribution in [0.15, 0.2) is 76.5 Å². The van der Waals surface area contributed by atoms with E-state index in [0.717, 1.165) is 0 Å². The molecule has 0 aliphatic heterocycles. The highest BCUT2D eigenvalue weighted by atomic mass is 32.3. The number of sulfonamides is 2. The minimum Gasteiger partial charge on any atom is -0.322 e. The third-order valence-corrected chi connectivity index (χ3v) is 6.62. The third kappa shape index (κ3) is 4.75. The van der Waals surface area contributed by atoms with Crippen molar-refractivity contribution < 1.29 is 21.6 Å². The molecule has 0 saturated carbocycles. The molecule has 0 bridgehead atoms. The minimum atomic E-state index is -4.30. The molecule has 0 aliphatic rings. The maximum Gasteiger partial charge on any atom is 0.253 e. The molecule has 0 saturated heterocycles. The summed E-state index contributed by atoms with van der Waals surface area (Å²) in [5.41, 5.74) is 0.658. The van der Waals surface area contributed by atoms with Gasteiger partial charge in [-0.1, -0.05) is 24.8 Å². The first kappa shape index (κ1) is 18.8. The van der Waals surface area contributed by atoms with Gasteiger partial charge in [-0.25, -0.2) is 16.8 Å². The molecule has 2 aromatic carbocycles. The van der Waals surface area contributed by atoms with Crippen LogP contribution < -0.4 is 9.44 Å². The van der Waals surface area contributed by atoms with Crippen molar-refractivity contribution in [3.05, 3.63) is 66.7 Å². The Morgan fingerprint density at radius 1 is 0.840 bits per heavy atom. The van der Waals surface area contributed by atoms with Crippen LogP contribution in [0.4, 0.5) is 5.69 Å². The Bertz CT molecular complexity index is 996. The fourth-order valence-corrected chi connectivity index (χ4v) is 4.73. The Kier molecular flexibility index (Phi) is 5.41. The Hall–Kier alpha value is -2.49. The molecule has 0 atom stereocenters. The maximum atomic E-state index is 12.3. The van der Waals surface area contributed by atoms with Crippen molar-refractivity contribution in [2.24, 2.45) is 0 Å². The van der Waals surface area contributed by atoms with Crippen LogP contribution in [-0.2, 0) is 24.8 Å². The predicted octanol–water partition coefficient (Wildman–Crippen LogP) is 1.87. The summed E-state index contributed by atoms with van der Waals surface area (Å²) >= 11 is 0. The van der Waals surface area contributed by atoms with Crippen molar-refractivity contribution in [2.75, 3.05) is 5.32 Å². The molecule has 0 unspecified atom stereocenters. The first-order valence-corrected chi connectivity index (χ1v) is 9.99. The Morgan fingerprint density at radius 3 is 1.80 bits per heavy atom. The lowest BCUT2D eigenvalue weighted by atomic mass is 10.3. The highest BCUT2D eigenvalue weighted by Crippen LogP contribution is 2.17. The van der Waals surface area contributed by atoms with E-state index in [2.05, 4.69) is 11.9 Å². The molecule has 0 fully saturated rings. The molecule has 25 heavy (non-hydrogen) atoms. The van der Waals surface area contributed by atoms with Gasteiger partial charge in [-0.15, -0.1) is 4.13 Å². The van der Waals surface area contributed by atoms with Crippen LogP contribution in [-0.4, -0.2) is 22.7 Å². The molecular weight excluding hydrogens is 364 g/mol. The van der Waals surface area contributed by atoms with Crippen molar-refractivity contribution in [1.29, 1.82) is 0 Å². The van der Waals surface area contributed by atoms with Crippen LogP contribution >= 0.6 is 0 Å². The number of hydrogen-bond donors (Lipinski definition) is 2. The van der Waals surface area contributed by atoms with E-state index in [4.69, 9.17) is 0 Å². The first-order chi connectivity index (χ1) is 11.6. The van der Waals surface area contributed by atoms with Gasteiger partial charge in [0.1, 0.15) is 0 Å². The molecule has 0 heterocycles.